The van der Waals surface area contributed by atoms with Gasteiger partial charge in [-0.2, -0.15) is 5.10 Å². The second-order valence-corrected chi connectivity index (χ2v) is 8.80. The molecule has 2 aliphatic rings. The number of aryl methyl sites for hydroxylation is 1. The summed E-state index contributed by atoms with van der Waals surface area (Å²) in [6.07, 6.45) is -1.29. The van der Waals surface area contributed by atoms with Gasteiger partial charge in [-0.15, -0.1) is 0 Å². The first-order valence-electron chi connectivity index (χ1n) is 11.9. The van der Waals surface area contributed by atoms with Gasteiger partial charge in [0.25, 0.3) is 5.91 Å². The van der Waals surface area contributed by atoms with E-state index in [9.17, 15) is 19.2 Å². The van der Waals surface area contributed by atoms with Crippen LogP contribution in [0.3, 0.4) is 0 Å². The molecule has 0 saturated carbocycles. The van der Waals surface area contributed by atoms with Gasteiger partial charge in [0.05, 0.1) is 36.3 Å². The lowest BCUT2D eigenvalue weighted by molar-refractivity contribution is -0.126. The molecule has 0 aliphatic carbocycles. The molecule has 1 fully saturated rings. The Labute approximate surface area is 217 Å². The summed E-state index contributed by atoms with van der Waals surface area (Å²) in [5.41, 5.74) is 1.73. The Bertz CT molecular complexity index is 1490. The molecule has 0 bridgehead atoms. The van der Waals surface area contributed by atoms with Gasteiger partial charge in [-0.3, -0.25) is 14.4 Å². The molecule has 0 N–H and O–H groups in total. The van der Waals surface area contributed by atoms with E-state index >= 15 is 0 Å². The van der Waals surface area contributed by atoms with Crippen molar-refractivity contribution >= 4 is 35.0 Å². The molecule has 0 unspecified atom stereocenters. The van der Waals surface area contributed by atoms with E-state index in [0.717, 1.165) is 10.5 Å². The van der Waals surface area contributed by atoms with Crippen LogP contribution in [0.5, 0.6) is 5.75 Å². The standard InChI is InChI=1S/C27H24N4O7/c1-5-37-27(35)22-19(15(3)31(28-22)17-8-6-14(2)7-9-17)23(32)21-20-24(38-29-21)26(34)30(25(20)33)16-10-12-18(36-4)13-11-16/h6-13,20,24H,5H2,1-4H3/t20-,24+/m0/s1. The van der Waals surface area contributed by atoms with Crippen molar-refractivity contribution in [1.82, 2.24) is 9.78 Å². The van der Waals surface area contributed by atoms with Gasteiger partial charge in [0.2, 0.25) is 17.8 Å². The molecule has 3 heterocycles. The van der Waals surface area contributed by atoms with Gasteiger partial charge in [0.1, 0.15) is 17.4 Å². The summed E-state index contributed by atoms with van der Waals surface area (Å²) < 4.78 is 11.7. The van der Waals surface area contributed by atoms with Crippen LogP contribution in [-0.2, 0) is 19.2 Å². The van der Waals surface area contributed by atoms with Gasteiger partial charge in [-0.05, 0) is 57.2 Å². The van der Waals surface area contributed by atoms with Crippen LogP contribution in [0, 0.1) is 19.8 Å². The fourth-order valence-corrected chi connectivity index (χ4v) is 4.53. The maximum atomic E-state index is 13.8. The predicted octanol–water partition coefficient (Wildman–Crippen LogP) is 2.80. The molecule has 2 amide bonds. The second kappa shape index (κ2) is 9.58. The summed E-state index contributed by atoms with van der Waals surface area (Å²) in [7, 11) is 1.50. The lowest BCUT2D eigenvalue weighted by atomic mass is 9.92. The van der Waals surface area contributed by atoms with Crippen LogP contribution in [0.25, 0.3) is 5.69 Å². The summed E-state index contributed by atoms with van der Waals surface area (Å²) in [5, 5.41) is 8.19. The molecule has 3 aromatic rings. The predicted molar refractivity (Wildman–Crippen MR) is 135 cm³/mol. The number of imide groups is 1. The molecule has 2 aliphatic heterocycles. The first kappa shape index (κ1) is 24.9. The van der Waals surface area contributed by atoms with Gasteiger partial charge < -0.3 is 14.3 Å². The normalized spacial score (nSPS) is 18.2. The number of aromatic nitrogens is 2. The largest absolute Gasteiger partial charge is 0.497 e. The number of Topliss-reactive ketones (excluding diaryl/α,β-unsaturated/α-hetero) is 1. The summed E-state index contributed by atoms with van der Waals surface area (Å²) in [6.45, 7) is 5.27. The van der Waals surface area contributed by atoms with Crippen LogP contribution in [0.2, 0.25) is 0 Å². The lowest BCUT2D eigenvalue weighted by Gasteiger charge is -2.15. The Kier molecular flexibility index (Phi) is 6.27. The fourth-order valence-electron chi connectivity index (χ4n) is 4.53. The monoisotopic (exact) mass is 516 g/mol. The summed E-state index contributed by atoms with van der Waals surface area (Å²) >= 11 is 0. The van der Waals surface area contributed by atoms with Crippen molar-refractivity contribution in [1.29, 1.82) is 0 Å². The molecular formula is C27H24N4O7. The number of fused-ring (bicyclic) bond motifs is 1. The molecule has 1 aromatic heterocycles. The zero-order valence-electron chi connectivity index (χ0n) is 21.1. The van der Waals surface area contributed by atoms with Crippen molar-refractivity contribution in [2.75, 3.05) is 18.6 Å². The minimum Gasteiger partial charge on any atom is -0.497 e. The smallest absolute Gasteiger partial charge is 0.359 e. The molecule has 2 aromatic carbocycles. The number of ether oxygens (including phenoxy) is 2. The molecule has 194 valence electrons. The summed E-state index contributed by atoms with van der Waals surface area (Å²) in [6, 6.07) is 13.7. The zero-order valence-corrected chi connectivity index (χ0v) is 21.1. The van der Waals surface area contributed by atoms with E-state index in [1.54, 1.807) is 50.2 Å². The number of rotatable bonds is 7. The quantitative estimate of drug-likeness (QED) is 0.266. The molecule has 1 saturated heterocycles. The number of oxime groups is 1. The van der Waals surface area contributed by atoms with E-state index in [-0.39, 0.29) is 23.6 Å². The number of hydrogen-bond acceptors (Lipinski definition) is 9. The van der Waals surface area contributed by atoms with E-state index < -0.39 is 35.6 Å². The van der Waals surface area contributed by atoms with Gasteiger partial charge in [-0.1, -0.05) is 22.9 Å². The average molecular weight is 517 g/mol. The van der Waals surface area contributed by atoms with E-state index in [4.69, 9.17) is 14.3 Å². The Morgan fingerprint density at radius 2 is 1.63 bits per heavy atom. The van der Waals surface area contributed by atoms with E-state index in [1.807, 2.05) is 19.1 Å². The highest BCUT2D eigenvalue weighted by atomic mass is 16.7. The third-order valence-electron chi connectivity index (χ3n) is 6.47. The van der Waals surface area contributed by atoms with E-state index in [2.05, 4.69) is 10.3 Å². The Balaban J connectivity index is 1.53. The Morgan fingerprint density at radius 1 is 0.974 bits per heavy atom. The van der Waals surface area contributed by atoms with Crippen LogP contribution in [-0.4, -0.2) is 58.9 Å². The highest BCUT2D eigenvalue weighted by Crippen LogP contribution is 2.35. The number of esters is 1. The maximum absolute atomic E-state index is 13.8. The maximum Gasteiger partial charge on any atom is 0.359 e. The van der Waals surface area contributed by atoms with Crippen molar-refractivity contribution in [2.45, 2.75) is 26.9 Å². The number of hydrogen-bond donors (Lipinski definition) is 0. The Morgan fingerprint density at radius 3 is 2.26 bits per heavy atom. The first-order valence-corrected chi connectivity index (χ1v) is 11.9. The molecular weight excluding hydrogens is 492 g/mol. The molecule has 5 rings (SSSR count). The van der Waals surface area contributed by atoms with Crippen molar-refractivity contribution in [3.63, 3.8) is 0 Å². The number of methoxy groups -OCH3 is 1. The van der Waals surface area contributed by atoms with Gasteiger partial charge in [0, 0.05) is 0 Å². The number of anilines is 1. The molecule has 0 spiro atoms. The number of amides is 2. The molecule has 0 radical (unpaired) electrons. The average Bonchev–Trinajstić information content (AvgIpc) is 3.57. The zero-order chi connectivity index (χ0) is 27.1. The van der Waals surface area contributed by atoms with Crippen molar-refractivity contribution in [2.24, 2.45) is 11.1 Å². The number of carbonyl (C=O) groups is 4. The number of carbonyl (C=O) groups excluding carboxylic acids is 4. The van der Waals surface area contributed by atoms with Gasteiger partial charge in [0.15, 0.2) is 5.69 Å². The summed E-state index contributed by atoms with van der Waals surface area (Å²) in [4.78, 5) is 59.4. The topological polar surface area (TPSA) is 129 Å². The number of benzene rings is 2. The van der Waals surface area contributed by atoms with Crippen LogP contribution in [0.15, 0.2) is 53.7 Å². The van der Waals surface area contributed by atoms with Crippen LogP contribution < -0.4 is 9.64 Å². The van der Waals surface area contributed by atoms with Crippen LogP contribution in [0.4, 0.5) is 5.69 Å². The number of nitrogens with zero attached hydrogens (tertiary/aromatic N) is 4. The number of ketones is 1. The molecule has 11 nitrogen and oxygen atoms in total. The van der Waals surface area contributed by atoms with Crippen molar-refractivity contribution < 1.29 is 33.5 Å². The third kappa shape index (κ3) is 3.92. The van der Waals surface area contributed by atoms with Gasteiger partial charge >= 0.3 is 5.97 Å². The summed E-state index contributed by atoms with van der Waals surface area (Å²) in [5.74, 6) is -3.56. The van der Waals surface area contributed by atoms with Crippen molar-refractivity contribution in [3.8, 4) is 11.4 Å². The SMILES string of the molecule is CCOC(=O)c1nn(-c2ccc(C)cc2)c(C)c1C(=O)C1=NO[C@H]2C(=O)N(c3ccc(OC)cc3)C(=O)[C@@H]12. The highest BCUT2D eigenvalue weighted by Gasteiger charge is 2.58. The molecule has 2 atom stereocenters. The van der Waals surface area contributed by atoms with Crippen LogP contribution in [0.1, 0.15) is 39.0 Å². The highest BCUT2D eigenvalue weighted by molar-refractivity contribution is 6.53. The van der Waals surface area contributed by atoms with Crippen LogP contribution >= 0.6 is 0 Å². The van der Waals surface area contributed by atoms with E-state index in [0.29, 0.717) is 22.8 Å². The Hall–Kier alpha value is -4.80. The molecule has 11 heteroatoms. The fraction of sp³-hybridized carbons (Fsp3) is 0.259. The van der Waals surface area contributed by atoms with Crippen molar-refractivity contribution in [3.05, 3.63) is 71.0 Å². The van der Waals surface area contributed by atoms with Gasteiger partial charge in [-0.25, -0.2) is 14.4 Å². The lowest BCUT2D eigenvalue weighted by Crippen LogP contribution is -2.34. The molecule has 38 heavy (non-hydrogen) atoms. The van der Waals surface area contributed by atoms with E-state index in [1.165, 1.54) is 11.8 Å². The minimum absolute atomic E-state index is 0.0709. The second-order valence-electron chi connectivity index (χ2n) is 8.80. The first-order chi connectivity index (χ1) is 18.3. The minimum atomic E-state index is -1.29. The third-order valence-corrected chi connectivity index (χ3v) is 6.47.